The molecule has 1 unspecified atom stereocenters. The number of nitrogens with zero attached hydrogens (tertiary/aromatic N) is 1. The number of hydrogen-bond acceptors (Lipinski definition) is 4. The lowest BCUT2D eigenvalue weighted by atomic mass is 9.85. The Morgan fingerprint density at radius 3 is 2.38 bits per heavy atom. The molecule has 3 rings (SSSR count). The van der Waals surface area contributed by atoms with Gasteiger partial charge < -0.3 is 14.8 Å². The first-order valence-corrected chi connectivity index (χ1v) is 8.17. The number of nitrogens with one attached hydrogen (secondary N) is 1. The van der Waals surface area contributed by atoms with E-state index in [1.807, 2.05) is 13.0 Å². The standard InChI is InChI=1S/C20H20N2O4/c1-11-12(2)19(23)22-18-9-14(5-6-17(11)18)21-20(24)13-7-15(25-3)10-16(8-13)26-4/h5-10,17H,1-4H3,(H,22,23). The average molecular weight is 352 g/mol. The van der Waals surface area contributed by atoms with E-state index in [4.69, 9.17) is 9.47 Å². The second-order valence-corrected chi connectivity index (χ2v) is 6.14. The number of allylic oxidation sites excluding steroid dienone is 3. The van der Waals surface area contributed by atoms with Crippen molar-refractivity contribution in [3.05, 3.63) is 58.8 Å². The van der Waals surface area contributed by atoms with Crippen molar-refractivity contribution in [2.24, 2.45) is 10.9 Å². The maximum Gasteiger partial charge on any atom is 0.277 e. The van der Waals surface area contributed by atoms with Crippen LogP contribution in [-0.2, 0) is 4.79 Å². The van der Waals surface area contributed by atoms with E-state index in [1.165, 1.54) is 14.2 Å². The molecule has 1 aromatic carbocycles. The Balaban J connectivity index is 1.90. The molecule has 0 aromatic heterocycles. The molecule has 0 fully saturated rings. The second-order valence-electron chi connectivity index (χ2n) is 6.14. The van der Waals surface area contributed by atoms with E-state index in [2.05, 4.69) is 10.3 Å². The lowest BCUT2D eigenvalue weighted by molar-refractivity contribution is -0.117. The first-order chi connectivity index (χ1) is 12.4. The Bertz CT molecular complexity index is 884. The fraction of sp³-hybridized carbons (Fsp3) is 0.250. The Hall–Kier alpha value is -3.15. The second kappa shape index (κ2) is 7.00. The van der Waals surface area contributed by atoms with E-state index < -0.39 is 5.91 Å². The third-order valence-electron chi connectivity index (χ3n) is 4.58. The first kappa shape index (κ1) is 17.7. The molecular weight excluding hydrogens is 332 g/mol. The highest BCUT2D eigenvalue weighted by Gasteiger charge is 2.27. The molecule has 0 bridgehead atoms. The Morgan fingerprint density at radius 1 is 1.12 bits per heavy atom. The van der Waals surface area contributed by atoms with E-state index in [-0.39, 0.29) is 11.8 Å². The van der Waals surface area contributed by atoms with Gasteiger partial charge in [-0.25, -0.2) is 4.99 Å². The summed E-state index contributed by atoms with van der Waals surface area (Å²) in [4.78, 5) is 28.7. The molecule has 1 N–H and O–H groups in total. The van der Waals surface area contributed by atoms with Crippen molar-refractivity contribution in [2.45, 2.75) is 13.8 Å². The molecule has 2 aliphatic rings. The first-order valence-electron chi connectivity index (χ1n) is 8.17. The predicted octanol–water partition coefficient (Wildman–Crippen LogP) is 2.82. The highest BCUT2D eigenvalue weighted by Crippen LogP contribution is 2.30. The molecule has 0 saturated heterocycles. The monoisotopic (exact) mass is 352 g/mol. The molecule has 6 nitrogen and oxygen atoms in total. The van der Waals surface area contributed by atoms with Crippen molar-refractivity contribution in [1.82, 2.24) is 5.32 Å². The van der Waals surface area contributed by atoms with Crippen LogP contribution in [0.2, 0.25) is 0 Å². The van der Waals surface area contributed by atoms with E-state index in [1.54, 1.807) is 37.3 Å². The number of methoxy groups -OCH3 is 2. The van der Waals surface area contributed by atoms with Gasteiger partial charge in [-0.3, -0.25) is 9.59 Å². The van der Waals surface area contributed by atoms with E-state index >= 15 is 0 Å². The third-order valence-corrected chi connectivity index (χ3v) is 4.58. The van der Waals surface area contributed by atoms with Crippen molar-refractivity contribution >= 4 is 17.5 Å². The van der Waals surface area contributed by atoms with E-state index in [9.17, 15) is 9.59 Å². The number of rotatable bonds is 3. The van der Waals surface area contributed by atoms with Crippen LogP contribution >= 0.6 is 0 Å². The summed E-state index contributed by atoms with van der Waals surface area (Å²) in [6.45, 7) is 3.74. The van der Waals surface area contributed by atoms with Crippen molar-refractivity contribution in [1.29, 1.82) is 0 Å². The molecule has 0 spiro atoms. The zero-order valence-corrected chi connectivity index (χ0v) is 15.1. The molecule has 6 heteroatoms. The maximum absolute atomic E-state index is 12.5. The molecule has 2 amide bonds. The van der Waals surface area contributed by atoms with Gasteiger partial charge in [-0.1, -0.05) is 11.6 Å². The molecule has 1 aliphatic carbocycles. The smallest absolute Gasteiger partial charge is 0.277 e. The number of benzene rings is 1. The molecule has 1 atom stereocenters. The summed E-state index contributed by atoms with van der Waals surface area (Å²) in [5.41, 5.74) is 3.30. The normalized spacial score (nSPS) is 20.5. The summed E-state index contributed by atoms with van der Waals surface area (Å²) in [5, 5.41) is 2.86. The lowest BCUT2D eigenvalue weighted by Gasteiger charge is -2.28. The van der Waals surface area contributed by atoms with Gasteiger partial charge in [0.1, 0.15) is 11.5 Å². The van der Waals surface area contributed by atoms with Crippen LogP contribution in [0, 0.1) is 5.92 Å². The SMILES string of the molecule is COc1cc(OC)cc(C(=O)N=C2C=CC3C(=C2)NC(=O)C(C)=C3C)c1. The van der Waals surface area contributed by atoms with Crippen molar-refractivity contribution in [3.8, 4) is 11.5 Å². The minimum atomic E-state index is -0.414. The van der Waals surface area contributed by atoms with Crippen LogP contribution in [0.25, 0.3) is 0 Å². The highest BCUT2D eigenvalue weighted by atomic mass is 16.5. The van der Waals surface area contributed by atoms with Gasteiger partial charge in [0.15, 0.2) is 0 Å². The fourth-order valence-electron chi connectivity index (χ4n) is 2.91. The summed E-state index contributed by atoms with van der Waals surface area (Å²) in [6.07, 6.45) is 5.46. The number of amides is 2. The number of ether oxygens (including phenoxy) is 2. The van der Waals surface area contributed by atoms with Crippen LogP contribution in [0.1, 0.15) is 24.2 Å². The topological polar surface area (TPSA) is 77.0 Å². The maximum atomic E-state index is 12.5. The number of carbonyl (C=O) groups is 2. The number of fused-ring (bicyclic) bond motifs is 1. The van der Waals surface area contributed by atoms with Gasteiger partial charge in [-0.2, -0.15) is 0 Å². The summed E-state index contributed by atoms with van der Waals surface area (Å²) >= 11 is 0. The molecule has 26 heavy (non-hydrogen) atoms. The van der Waals surface area contributed by atoms with Crippen molar-refractivity contribution in [2.75, 3.05) is 14.2 Å². The number of hydrogen-bond donors (Lipinski definition) is 1. The van der Waals surface area contributed by atoms with Crippen LogP contribution in [-0.4, -0.2) is 31.7 Å². The summed E-state index contributed by atoms with van der Waals surface area (Å²) in [7, 11) is 3.04. The van der Waals surface area contributed by atoms with Gasteiger partial charge in [0, 0.05) is 28.8 Å². The van der Waals surface area contributed by atoms with Crippen LogP contribution in [0.15, 0.2) is 58.3 Å². The van der Waals surface area contributed by atoms with Crippen molar-refractivity contribution in [3.63, 3.8) is 0 Å². The van der Waals surface area contributed by atoms with Crippen LogP contribution < -0.4 is 14.8 Å². The molecular formula is C20H20N2O4. The van der Waals surface area contributed by atoms with Crippen molar-refractivity contribution < 1.29 is 19.1 Å². The zero-order chi connectivity index (χ0) is 18.8. The van der Waals surface area contributed by atoms with Gasteiger partial charge >= 0.3 is 0 Å². The quantitative estimate of drug-likeness (QED) is 0.907. The molecule has 1 heterocycles. The van der Waals surface area contributed by atoms with Crippen LogP contribution in [0.4, 0.5) is 0 Å². The zero-order valence-electron chi connectivity index (χ0n) is 15.1. The van der Waals surface area contributed by atoms with Gasteiger partial charge in [0.2, 0.25) is 0 Å². The summed E-state index contributed by atoms with van der Waals surface area (Å²) in [6, 6.07) is 4.90. The van der Waals surface area contributed by atoms with Gasteiger partial charge in [-0.15, -0.1) is 0 Å². The summed E-state index contributed by atoms with van der Waals surface area (Å²) in [5.74, 6) is 0.507. The third kappa shape index (κ3) is 3.31. The molecule has 0 radical (unpaired) electrons. The highest BCUT2D eigenvalue weighted by molar-refractivity contribution is 6.14. The minimum Gasteiger partial charge on any atom is -0.497 e. The molecule has 1 aromatic rings. The molecule has 0 saturated carbocycles. The average Bonchev–Trinajstić information content (AvgIpc) is 2.65. The Kier molecular flexibility index (Phi) is 4.75. The Labute approximate surface area is 151 Å². The van der Waals surface area contributed by atoms with Gasteiger partial charge in [-0.05, 0) is 38.1 Å². The predicted molar refractivity (Wildman–Crippen MR) is 98.5 cm³/mol. The lowest BCUT2D eigenvalue weighted by Crippen LogP contribution is -2.35. The fourth-order valence-corrected chi connectivity index (χ4v) is 2.91. The van der Waals surface area contributed by atoms with Gasteiger partial charge in [0.25, 0.3) is 11.8 Å². The minimum absolute atomic E-state index is 0.0127. The summed E-state index contributed by atoms with van der Waals surface area (Å²) < 4.78 is 10.4. The largest absolute Gasteiger partial charge is 0.497 e. The van der Waals surface area contributed by atoms with Crippen LogP contribution in [0.3, 0.4) is 0 Å². The molecule has 134 valence electrons. The van der Waals surface area contributed by atoms with Gasteiger partial charge in [0.05, 0.1) is 19.9 Å². The number of carbonyl (C=O) groups excluding carboxylic acids is 2. The Morgan fingerprint density at radius 2 is 1.77 bits per heavy atom. The van der Waals surface area contributed by atoms with E-state index in [0.717, 1.165) is 16.8 Å². The molecule has 1 aliphatic heterocycles. The van der Waals surface area contributed by atoms with Crippen LogP contribution in [0.5, 0.6) is 11.5 Å². The van der Waals surface area contributed by atoms with E-state index in [0.29, 0.717) is 22.8 Å². The number of aliphatic imine (C=N–C) groups is 1.